The summed E-state index contributed by atoms with van der Waals surface area (Å²) in [5, 5.41) is 1.35. The van der Waals surface area contributed by atoms with E-state index in [1.54, 1.807) is 27.9 Å². The van der Waals surface area contributed by atoms with Crippen molar-refractivity contribution in [1.29, 1.82) is 0 Å². The van der Waals surface area contributed by atoms with Crippen LogP contribution in [0.1, 0.15) is 43.0 Å². The summed E-state index contributed by atoms with van der Waals surface area (Å²) in [6.07, 6.45) is 5.52. The number of thiophene rings is 1. The smallest absolute Gasteiger partial charge is 0.263 e. The van der Waals surface area contributed by atoms with Crippen molar-refractivity contribution in [2.75, 3.05) is 24.3 Å². The van der Waals surface area contributed by atoms with Crippen LogP contribution in [0, 0.1) is 0 Å². The predicted molar refractivity (Wildman–Crippen MR) is 121 cm³/mol. The summed E-state index contributed by atoms with van der Waals surface area (Å²) in [4.78, 5) is 34.4. The van der Waals surface area contributed by atoms with Gasteiger partial charge in [-0.25, -0.2) is 13.4 Å². The molecule has 2 aliphatic rings. The van der Waals surface area contributed by atoms with Crippen LogP contribution < -0.4 is 5.56 Å². The van der Waals surface area contributed by atoms with Gasteiger partial charge in [-0.1, -0.05) is 18.7 Å². The zero-order valence-electron chi connectivity index (χ0n) is 17.3. The highest BCUT2D eigenvalue weighted by Gasteiger charge is 2.32. The Morgan fingerprint density at radius 3 is 2.80 bits per heavy atom. The molecule has 10 heteroatoms. The highest BCUT2D eigenvalue weighted by Crippen LogP contribution is 2.34. The van der Waals surface area contributed by atoms with E-state index in [0.29, 0.717) is 18.1 Å². The Balaban J connectivity index is 1.58. The molecule has 1 saturated heterocycles. The lowest BCUT2D eigenvalue weighted by Gasteiger charge is -2.23. The second-order valence-electron chi connectivity index (χ2n) is 8.09. The zero-order valence-corrected chi connectivity index (χ0v) is 19.8. The van der Waals surface area contributed by atoms with E-state index in [-0.39, 0.29) is 34.8 Å². The molecule has 0 N–H and O–H groups in total. The summed E-state index contributed by atoms with van der Waals surface area (Å²) in [5.74, 6) is 0.176. The number of nitrogens with zero attached hydrogens (tertiary/aromatic N) is 3. The number of hydrogen-bond donors (Lipinski definition) is 0. The van der Waals surface area contributed by atoms with Crippen LogP contribution in [0.5, 0.6) is 0 Å². The van der Waals surface area contributed by atoms with Gasteiger partial charge in [-0.2, -0.15) is 0 Å². The largest absolute Gasteiger partial charge is 0.341 e. The van der Waals surface area contributed by atoms with Crippen LogP contribution >= 0.6 is 23.1 Å². The van der Waals surface area contributed by atoms with Crippen molar-refractivity contribution < 1.29 is 13.2 Å². The summed E-state index contributed by atoms with van der Waals surface area (Å²) in [6.45, 7) is 2.59. The maximum absolute atomic E-state index is 13.3. The van der Waals surface area contributed by atoms with Crippen LogP contribution in [0.15, 0.2) is 9.95 Å². The van der Waals surface area contributed by atoms with Gasteiger partial charge in [-0.3, -0.25) is 14.2 Å². The zero-order chi connectivity index (χ0) is 21.5. The molecule has 0 aromatic carbocycles. The van der Waals surface area contributed by atoms with Crippen molar-refractivity contribution >= 4 is 49.1 Å². The normalized spacial score (nSPS) is 20.4. The van der Waals surface area contributed by atoms with Crippen LogP contribution in [0.25, 0.3) is 10.2 Å². The molecule has 0 unspecified atom stereocenters. The fourth-order valence-electron chi connectivity index (χ4n) is 4.26. The topological polar surface area (TPSA) is 89.3 Å². The lowest BCUT2D eigenvalue weighted by Crippen LogP contribution is -2.39. The number of aromatic nitrogens is 2. The average molecular weight is 470 g/mol. The van der Waals surface area contributed by atoms with Gasteiger partial charge in [0.2, 0.25) is 5.91 Å². The average Bonchev–Trinajstić information content (AvgIpc) is 3.27. The molecule has 2 aromatic rings. The van der Waals surface area contributed by atoms with Gasteiger partial charge < -0.3 is 4.90 Å². The SMILES string of the molecule is CCCn1c(SCC(=O)N(C)[C@H]2CCS(=O)(=O)C2)nc2sc3c(c2c1=O)CCCC3. The highest BCUT2D eigenvalue weighted by atomic mass is 32.2. The maximum Gasteiger partial charge on any atom is 0.263 e. The van der Waals surface area contributed by atoms with Crippen molar-refractivity contribution in [3.05, 3.63) is 20.8 Å². The van der Waals surface area contributed by atoms with E-state index in [2.05, 4.69) is 0 Å². The number of fused-ring (bicyclic) bond motifs is 3. The van der Waals surface area contributed by atoms with E-state index in [1.165, 1.54) is 22.2 Å². The van der Waals surface area contributed by atoms with Crippen LogP contribution in [0.3, 0.4) is 0 Å². The molecular formula is C20H27N3O4S3. The van der Waals surface area contributed by atoms with Crippen molar-refractivity contribution in [2.24, 2.45) is 0 Å². The van der Waals surface area contributed by atoms with Gasteiger partial charge in [0.15, 0.2) is 15.0 Å². The Hall–Kier alpha value is -1.39. The Bertz CT molecular complexity index is 1140. The number of sulfone groups is 1. The van der Waals surface area contributed by atoms with E-state index in [4.69, 9.17) is 4.98 Å². The third kappa shape index (κ3) is 4.18. The third-order valence-corrected chi connectivity index (χ3v) is 9.86. The molecule has 0 bridgehead atoms. The van der Waals surface area contributed by atoms with Crippen molar-refractivity contribution in [3.63, 3.8) is 0 Å². The Labute approximate surface area is 184 Å². The highest BCUT2D eigenvalue weighted by molar-refractivity contribution is 7.99. The van der Waals surface area contributed by atoms with E-state index >= 15 is 0 Å². The minimum absolute atomic E-state index is 0.00596. The number of carbonyl (C=O) groups excluding carboxylic acids is 1. The second kappa shape index (κ2) is 8.63. The molecule has 1 aliphatic carbocycles. The number of amides is 1. The van der Waals surface area contributed by atoms with Gasteiger partial charge in [-0.15, -0.1) is 11.3 Å². The molecule has 1 aliphatic heterocycles. The summed E-state index contributed by atoms with van der Waals surface area (Å²) < 4.78 is 25.1. The number of thioether (sulfide) groups is 1. The molecule has 3 heterocycles. The van der Waals surface area contributed by atoms with E-state index < -0.39 is 9.84 Å². The monoisotopic (exact) mass is 469 g/mol. The molecule has 1 atom stereocenters. The molecule has 2 aromatic heterocycles. The van der Waals surface area contributed by atoms with Gasteiger partial charge in [0.25, 0.3) is 5.56 Å². The van der Waals surface area contributed by atoms with E-state index in [9.17, 15) is 18.0 Å². The minimum atomic E-state index is -3.04. The molecule has 0 saturated carbocycles. The van der Waals surface area contributed by atoms with Crippen LogP contribution in [-0.2, 0) is 34.0 Å². The Kier molecular flexibility index (Phi) is 6.28. The Morgan fingerprint density at radius 2 is 2.10 bits per heavy atom. The van der Waals surface area contributed by atoms with Gasteiger partial charge >= 0.3 is 0 Å². The van der Waals surface area contributed by atoms with Gasteiger partial charge in [0.1, 0.15) is 4.83 Å². The summed E-state index contributed by atoms with van der Waals surface area (Å²) >= 11 is 2.89. The molecule has 30 heavy (non-hydrogen) atoms. The summed E-state index contributed by atoms with van der Waals surface area (Å²) in [7, 11) is -1.38. The van der Waals surface area contributed by atoms with Crippen molar-refractivity contribution in [2.45, 2.75) is 63.2 Å². The molecule has 0 spiro atoms. The number of rotatable bonds is 6. The van der Waals surface area contributed by atoms with Gasteiger partial charge in [-0.05, 0) is 44.1 Å². The van der Waals surface area contributed by atoms with Gasteiger partial charge in [0, 0.05) is 24.5 Å². The van der Waals surface area contributed by atoms with E-state index in [1.807, 2.05) is 6.92 Å². The van der Waals surface area contributed by atoms with Gasteiger partial charge in [0.05, 0.1) is 22.6 Å². The van der Waals surface area contributed by atoms with Crippen molar-refractivity contribution in [3.8, 4) is 0 Å². The second-order valence-corrected chi connectivity index (χ2v) is 12.3. The lowest BCUT2D eigenvalue weighted by molar-refractivity contribution is -0.128. The summed E-state index contributed by atoms with van der Waals surface area (Å²) in [6, 6.07) is -0.264. The third-order valence-electron chi connectivity index (χ3n) is 5.96. The maximum atomic E-state index is 13.3. The number of hydrogen-bond acceptors (Lipinski definition) is 7. The molecule has 164 valence electrons. The predicted octanol–water partition coefficient (Wildman–Crippen LogP) is 2.48. The number of carbonyl (C=O) groups is 1. The Morgan fingerprint density at radius 1 is 1.33 bits per heavy atom. The fraction of sp³-hybridized carbons (Fsp3) is 0.650. The van der Waals surface area contributed by atoms with Crippen LogP contribution in [-0.4, -0.2) is 59.1 Å². The standard InChI is InChI=1S/C20H27N3O4S3/c1-3-9-23-19(25)17-14-6-4-5-7-15(14)29-18(17)21-20(23)28-11-16(24)22(2)13-8-10-30(26,27)12-13/h13H,3-12H2,1-2H3/t13-/m0/s1. The van der Waals surface area contributed by atoms with E-state index in [0.717, 1.165) is 42.3 Å². The van der Waals surface area contributed by atoms with Crippen LogP contribution in [0.2, 0.25) is 0 Å². The first-order valence-electron chi connectivity index (χ1n) is 10.4. The molecular weight excluding hydrogens is 442 g/mol. The first-order chi connectivity index (χ1) is 14.3. The van der Waals surface area contributed by atoms with Crippen LogP contribution in [0.4, 0.5) is 0 Å². The number of aryl methyl sites for hydroxylation is 2. The van der Waals surface area contributed by atoms with Crippen molar-refractivity contribution in [1.82, 2.24) is 14.5 Å². The fourth-order valence-corrected chi connectivity index (χ4v) is 8.29. The molecule has 1 fully saturated rings. The first-order valence-corrected chi connectivity index (χ1v) is 14.1. The molecule has 1 amide bonds. The quantitative estimate of drug-likeness (QED) is 0.477. The molecule has 0 radical (unpaired) electrons. The lowest BCUT2D eigenvalue weighted by atomic mass is 9.97. The molecule has 4 rings (SSSR count). The summed E-state index contributed by atoms with van der Waals surface area (Å²) in [5.41, 5.74) is 1.19. The first kappa shape index (κ1) is 21.8. The molecule has 7 nitrogen and oxygen atoms in total. The minimum Gasteiger partial charge on any atom is -0.341 e.